The highest BCUT2D eigenvalue weighted by molar-refractivity contribution is 7.98. The zero-order valence-corrected chi connectivity index (χ0v) is 19.4. The van der Waals surface area contributed by atoms with Crippen molar-refractivity contribution >= 4 is 52.5 Å². The second-order valence-corrected chi connectivity index (χ2v) is 9.91. The first kappa shape index (κ1) is 23.2. The van der Waals surface area contributed by atoms with Gasteiger partial charge < -0.3 is 5.32 Å². The van der Waals surface area contributed by atoms with Crippen LogP contribution in [0, 0.1) is 11.8 Å². The van der Waals surface area contributed by atoms with E-state index >= 15 is 0 Å². The van der Waals surface area contributed by atoms with Crippen molar-refractivity contribution in [3.05, 3.63) is 58.6 Å². The minimum absolute atomic E-state index is 0.159. The zero-order chi connectivity index (χ0) is 24.4. The van der Waals surface area contributed by atoms with Gasteiger partial charge in [0.05, 0.1) is 28.1 Å². The van der Waals surface area contributed by atoms with Crippen LogP contribution in [0.1, 0.15) is 17.5 Å². The number of alkyl halides is 3. The van der Waals surface area contributed by atoms with E-state index < -0.39 is 52.9 Å². The van der Waals surface area contributed by atoms with Crippen LogP contribution in [-0.4, -0.2) is 35.8 Å². The number of hydrogen-bond acceptors (Lipinski definition) is 5. The molecule has 2 N–H and O–H groups in total. The van der Waals surface area contributed by atoms with Gasteiger partial charge in [-0.1, -0.05) is 29.8 Å². The highest BCUT2D eigenvalue weighted by atomic mass is 35.5. The summed E-state index contributed by atoms with van der Waals surface area (Å²) in [5.74, 6) is -3.27. The first-order valence-corrected chi connectivity index (χ1v) is 12.3. The molecular weight excluding hydrogens is 491 g/mol. The number of benzene rings is 2. The number of para-hydroxylation sites is 1. The monoisotopic (exact) mass is 509 g/mol. The third-order valence-electron chi connectivity index (χ3n) is 6.77. The number of nitrogens with zero attached hydrogens (tertiary/aromatic N) is 1. The molecule has 11 heteroatoms. The maximum absolute atomic E-state index is 13.8. The first-order valence-electron chi connectivity index (χ1n) is 10.5. The molecule has 5 rings (SSSR count). The standard InChI is InChI=1S/C23H19ClF3N3O3S/c1-34-9-8-15-17-18(22(29-15)12-4-2-3-5-14(12)28-21(22)33)20(32)30(19(17)31)16-10-11(23(25,26)27)6-7-13(16)24/h2-7,10,15,17-18,29H,8-9H2,1H3,(H,28,33)/t15-,17+,18-,22-/m0/s1. The summed E-state index contributed by atoms with van der Waals surface area (Å²) in [5.41, 5.74) is -1.79. The quantitative estimate of drug-likeness (QED) is 0.608. The van der Waals surface area contributed by atoms with Crippen molar-refractivity contribution in [2.24, 2.45) is 11.8 Å². The van der Waals surface area contributed by atoms with Gasteiger partial charge in [0.2, 0.25) is 17.7 Å². The second-order valence-electron chi connectivity index (χ2n) is 8.52. The SMILES string of the molecule is CSCC[C@@H]1N[C@]2(C(=O)Nc3ccccc32)[C@@H]2C(=O)N(c3cc(C(F)(F)F)ccc3Cl)C(=O)[C@H]12. The molecule has 2 fully saturated rings. The van der Waals surface area contributed by atoms with Crippen LogP contribution in [0.2, 0.25) is 5.02 Å². The van der Waals surface area contributed by atoms with Crippen molar-refractivity contribution < 1.29 is 27.6 Å². The van der Waals surface area contributed by atoms with E-state index in [2.05, 4.69) is 10.6 Å². The smallest absolute Gasteiger partial charge is 0.324 e. The zero-order valence-electron chi connectivity index (χ0n) is 17.8. The summed E-state index contributed by atoms with van der Waals surface area (Å²) >= 11 is 7.73. The summed E-state index contributed by atoms with van der Waals surface area (Å²) in [6, 6.07) is 8.89. The third kappa shape index (κ3) is 3.19. The van der Waals surface area contributed by atoms with Crippen LogP contribution in [0.5, 0.6) is 0 Å². The van der Waals surface area contributed by atoms with Crippen LogP contribution in [0.15, 0.2) is 42.5 Å². The Kier molecular flexibility index (Phi) is 5.46. The molecule has 34 heavy (non-hydrogen) atoms. The van der Waals surface area contributed by atoms with E-state index in [1.807, 2.05) is 6.26 Å². The predicted molar refractivity (Wildman–Crippen MR) is 123 cm³/mol. The largest absolute Gasteiger partial charge is 0.416 e. The Morgan fingerprint density at radius 3 is 2.56 bits per heavy atom. The van der Waals surface area contributed by atoms with E-state index in [4.69, 9.17) is 11.6 Å². The highest BCUT2D eigenvalue weighted by Crippen LogP contribution is 2.54. The third-order valence-corrected chi connectivity index (χ3v) is 7.73. The number of amides is 3. The van der Waals surface area contributed by atoms with Crippen molar-refractivity contribution in [1.29, 1.82) is 0 Å². The molecule has 0 radical (unpaired) electrons. The number of nitrogens with one attached hydrogen (secondary N) is 2. The molecule has 6 nitrogen and oxygen atoms in total. The summed E-state index contributed by atoms with van der Waals surface area (Å²) in [5, 5.41) is 5.91. The second kappa shape index (κ2) is 8.00. The van der Waals surface area contributed by atoms with Crippen LogP contribution < -0.4 is 15.5 Å². The number of imide groups is 1. The number of anilines is 2. The molecular formula is C23H19ClF3N3O3S. The Hall–Kier alpha value is -2.56. The van der Waals surface area contributed by atoms with E-state index in [0.717, 1.165) is 17.0 Å². The molecule has 0 unspecified atom stereocenters. The molecule has 2 saturated heterocycles. The fraction of sp³-hybridized carbons (Fsp3) is 0.348. The molecule has 0 bridgehead atoms. The van der Waals surface area contributed by atoms with E-state index in [1.165, 1.54) is 0 Å². The van der Waals surface area contributed by atoms with Crippen LogP contribution in [0.4, 0.5) is 24.5 Å². The van der Waals surface area contributed by atoms with Gasteiger partial charge in [-0.15, -0.1) is 0 Å². The van der Waals surface area contributed by atoms with Gasteiger partial charge >= 0.3 is 6.18 Å². The van der Waals surface area contributed by atoms with Gasteiger partial charge in [-0.3, -0.25) is 19.7 Å². The molecule has 2 aromatic rings. The predicted octanol–water partition coefficient (Wildman–Crippen LogP) is 4.04. The van der Waals surface area contributed by atoms with E-state index in [0.29, 0.717) is 29.5 Å². The fourth-order valence-corrected chi connectivity index (χ4v) is 6.04. The van der Waals surface area contributed by atoms with Crippen LogP contribution in [0.25, 0.3) is 0 Å². The Balaban J connectivity index is 1.65. The van der Waals surface area contributed by atoms with Crippen LogP contribution in [-0.2, 0) is 26.1 Å². The number of rotatable bonds is 4. The van der Waals surface area contributed by atoms with Gasteiger partial charge in [0.15, 0.2) is 0 Å². The summed E-state index contributed by atoms with van der Waals surface area (Å²) in [6.45, 7) is 0. The molecule has 3 aliphatic heterocycles. The Morgan fingerprint density at radius 2 is 1.85 bits per heavy atom. The van der Waals surface area contributed by atoms with Gasteiger partial charge in [-0.25, -0.2) is 4.90 Å². The first-order chi connectivity index (χ1) is 16.1. The van der Waals surface area contributed by atoms with E-state index in [-0.39, 0.29) is 10.7 Å². The molecule has 178 valence electrons. The summed E-state index contributed by atoms with van der Waals surface area (Å²) in [7, 11) is 0. The van der Waals surface area contributed by atoms with Crippen molar-refractivity contribution in [3.63, 3.8) is 0 Å². The summed E-state index contributed by atoms with van der Waals surface area (Å²) in [6.07, 6.45) is -2.30. The molecule has 0 aliphatic carbocycles. The molecule has 0 aromatic heterocycles. The average Bonchev–Trinajstić information content (AvgIpc) is 3.37. The number of halogens is 4. The van der Waals surface area contributed by atoms with Gasteiger partial charge in [0, 0.05) is 17.3 Å². The van der Waals surface area contributed by atoms with Crippen molar-refractivity contribution in [3.8, 4) is 0 Å². The van der Waals surface area contributed by atoms with Crippen molar-refractivity contribution in [1.82, 2.24) is 5.32 Å². The Bertz CT molecular complexity index is 1220. The topological polar surface area (TPSA) is 78.5 Å². The van der Waals surface area contributed by atoms with Crippen LogP contribution >= 0.6 is 23.4 Å². The number of fused-ring (bicyclic) bond motifs is 4. The van der Waals surface area contributed by atoms with Crippen molar-refractivity contribution in [2.75, 3.05) is 22.2 Å². The van der Waals surface area contributed by atoms with Gasteiger partial charge in [-0.05, 0) is 42.7 Å². The Morgan fingerprint density at radius 1 is 1.12 bits per heavy atom. The number of carbonyl (C=O) groups excluding carboxylic acids is 3. The molecule has 0 saturated carbocycles. The molecule has 4 atom stereocenters. The van der Waals surface area contributed by atoms with Crippen LogP contribution in [0.3, 0.4) is 0 Å². The molecule has 2 aromatic carbocycles. The number of carbonyl (C=O) groups is 3. The lowest BCUT2D eigenvalue weighted by molar-refractivity contribution is -0.137. The maximum Gasteiger partial charge on any atom is 0.416 e. The Labute approximate surface area is 202 Å². The molecule has 3 amide bonds. The normalized spacial score (nSPS) is 28.0. The fourth-order valence-electron chi connectivity index (χ4n) is 5.35. The number of thioether (sulfide) groups is 1. The lowest BCUT2D eigenvalue weighted by atomic mass is 9.76. The summed E-state index contributed by atoms with van der Waals surface area (Å²) in [4.78, 5) is 41.5. The van der Waals surface area contributed by atoms with Gasteiger partial charge in [0.1, 0.15) is 5.54 Å². The van der Waals surface area contributed by atoms with E-state index in [9.17, 15) is 27.6 Å². The lowest BCUT2D eigenvalue weighted by Crippen LogP contribution is -2.53. The minimum Gasteiger partial charge on any atom is -0.324 e. The molecule has 1 spiro atoms. The average molecular weight is 510 g/mol. The molecule has 3 aliphatic rings. The van der Waals surface area contributed by atoms with Gasteiger partial charge in [0.25, 0.3) is 0 Å². The number of hydrogen-bond donors (Lipinski definition) is 2. The lowest BCUT2D eigenvalue weighted by Gasteiger charge is -2.29. The highest BCUT2D eigenvalue weighted by Gasteiger charge is 2.70. The molecule has 3 heterocycles. The van der Waals surface area contributed by atoms with Gasteiger partial charge in [-0.2, -0.15) is 24.9 Å². The van der Waals surface area contributed by atoms with E-state index in [1.54, 1.807) is 36.0 Å². The maximum atomic E-state index is 13.8. The minimum atomic E-state index is -4.69. The van der Waals surface area contributed by atoms with Crippen molar-refractivity contribution in [2.45, 2.75) is 24.2 Å². The summed E-state index contributed by atoms with van der Waals surface area (Å²) < 4.78 is 40.1.